The largest absolute Gasteiger partial charge is 0.379 e. The van der Waals surface area contributed by atoms with Crippen molar-refractivity contribution >= 4 is 5.69 Å². The minimum absolute atomic E-state index is 0.138. The lowest BCUT2D eigenvalue weighted by Crippen LogP contribution is -2.22. The van der Waals surface area contributed by atoms with Crippen molar-refractivity contribution in [2.75, 3.05) is 25.1 Å². The summed E-state index contributed by atoms with van der Waals surface area (Å²) in [4.78, 5) is 6.54. The van der Waals surface area contributed by atoms with Gasteiger partial charge in [0.25, 0.3) is 0 Å². The molecule has 0 spiro atoms. The Morgan fingerprint density at radius 2 is 2.32 bits per heavy atom. The molecular weight excluding hydrogens is 242 g/mol. The summed E-state index contributed by atoms with van der Waals surface area (Å²) in [5, 5.41) is 10.7. The molecule has 0 amide bonds. The highest BCUT2D eigenvalue weighted by molar-refractivity contribution is 5.48. The number of H-pyrrole nitrogens is 1. The molecule has 1 aliphatic rings. The minimum atomic E-state index is 0.138. The zero-order chi connectivity index (χ0) is 13.2. The van der Waals surface area contributed by atoms with Crippen LogP contribution in [-0.2, 0) is 4.74 Å². The van der Waals surface area contributed by atoms with Crippen LogP contribution in [0.5, 0.6) is 0 Å². The minimum Gasteiger partial charge on any atom is -0.379 e. The number of anilines is 1. The third kappa shape index (κ3) is 2.31. The van der Waals surface area contributed by atoms with Crippen molar-refractivity contribution in [3.8, 4) is 0 Å². The van der Waals surface area contributed by atoms with Crippen LogP contribution in [0.1, 0.15) is 17.3 Å². The van der Waals surface area contributed by atoms with Gasteiger partial charge in [0.15, 0.2) is 0 Å². The van der Waals surface area contributed by atoms with Crippen molar-refractivity contribution in [1.82, 2.24) is 20.4 Å². The van der Waals surface area contributed by atoms with Crippen LogP contribution in [0.4, 0.5) is 5.69 Å². The fourth-order valence-corrected chi connectivity index (χ4v) is 2.62. The third-order valence-corrected chi connectivity index (χ3v) is 3.63. The Balaban J connectivity index is 1.83. The van der Waals surface area contributed by atoms with E-state index in [1.165, 1.54) is 5.69 Å². The lowest BCUT2D eigenvalue weighted by atomic mass is 10.0. The molecule has 3 heterocycles. The smallest absolute Gasteiger partial charge is 0.0899 e. The second-order valence-electron chi connectivity index (χ2n) is 4.84. The first-order valence-corrected chi connectivity index (χ1v) is 6.34. The van der Waals surface area contributed by atoms with Gasteiger partial charge < -0.3 is 9.64 Å². The number of ether oxygens (including phenoxy) is 1. The summed E-state index contributed by atoms with van der Waals surface area (Å²) in [7, 11) is 1.75. The molecule has 0 aromatic carbocycles. The van der Waals surface area contributed by atoms with E-state index in [4.69, 9.17) is 4.74 Å². The fraction of sp³-hybridized carbons (Fsp3) is 0.462. The molecule has 2 aromatic heterocycles. The zero-order valence-electron chi connectivity index (χ0n) is 11.1. The first-order valence-electron chi connectivity index (χ1n) is 6.34. The number of aromatic nitrogens is 4. The molecule has 2 aromatic rings. The molecule has 0 radical (unpaired) electrons. The van der Waals surface area contributed by atoms with Crippen LogP contribution in [0.25, 0.3) is 0 Å². The van der Waals surface area contributed by atoms with Crippen LogP contribution in [-0.4, -0.2) is 46.7 Å². The Morgan fingerprint density at radius 3 is 3.00 bits per heavy atom. The van der Waals surface area contributed by atoms with Crippen molar-refractivity contribution < 1.29 is 4.74 Å². The molecule has 1 fully saturated rings. The van der Waals surface area contributed by atoms with Gasteiger partial charge in [0.1, 0.15) is 0 Å². The first kappa shape index (κ1) is 12.1. The zero-order valence-corrected chi connectivity index (χ0v) is 11.1. The fourth-order valence-electron chi connectivity index (χ4n) is 2.62. The maximum atomic E-state index is 5.59. The van der Waals surface area contributed by atoms with E-state index >= 15 is 0 Å². The Labute approximate surface area is 111 Å². The topological polar surface area (TPSA) is 66.9 Å². The Bertz CT molecular complexity index is 542. The van der Waals surface area contributed by atoms with E-state index in [1.807, 2.05) is 19.2 Å². The van der Waals surface area contributed by atoms with Gasteiger partial charge in [-0.05, 0) is 19.1 Å². The standard InChI is InChI=1S/C13H17N5O/c1-9-5-10(3-4-14-9)18-7-11(13(8-18)19-2)12-6-15-17-16-12/h3-6,11,13H,7-8H2,1-2H3,(H,15,16,17)/t11-,13+/m0/s1. The van der Waals surface area contributed by atoms with E-state index in [0.29, 0.717) is 0 Å². The van der Waals surface area contributed by atoms with Gasteiger partial charge >= 0.3 is 0 Å². The van der Waals surface area contributed by atoms with E-state index in [-0.39, 0.29) is 12.0 Å². The van der Waals surface area contributed by atoms with Crippen molar-refractivity contribution in [3.05, 3.63) is 35.9 Å². The third-order valence-electron chi connectivity index (χ3n) is 3.63. The average molecular weight is 259 g/mol. The van der Waals surface area contributed by atoms with Gasteiger partial charge in [0.05, 0.1) is 23.9 Å². The summed E-state index contributed by atoms with van der Waals surface area (Å²) in [6, 6.07) is 4.13. The molecule has 1 saturated heterocycles. The Hall–Kier alpha value is -1.95. The SMILES string of the molecule is CO[C@@H]1CN(c2ccnc(C)c2)C[C@H]1c1cn[nH]n1. The highest BCUT2D eigenvalue weighted by Gasteiger charge is 2.35. The first-order chi connectivity index (χ1) is 9.28. The van der Waals surface area contributed by atoms with Crippen molar-refractivity contribution in [2.45, 2.75) is 18.9 Å². The van der Waals surface area contributed by atoms with Gasteiger partial charge in [-0.25, -0.2) is 0 Å². The molecule has 2 atom stereocenters. The van der Waals surface area contributed by atoms with Gasteiger partial charge in [-0.15, -0.1) is 0 Å². The van der Waals surface area contributed by atoms with E-state index in [2.05, 4.69) is 31.4 Å². The molecule has 3 rings (SSSR count). The molecule has 0 saturated carbocycles. The highest BCUT2D eigenvalue weighted by Crippen LogP contribution is 2.31. The van der Waals surface area contributed by atoms with E-state index in [1.54, 1.807) is 13.3 Å². The lowest BCUT2D eigenvalue weighted by molar-refractivity contribution is 0.106. The number of aryl methyl sites for hydroxylation is 1. The summed E-state index contributed by atoms with van der Waals surface area (Å²) < 4.78 is 5.59. The number of hydrogen-bond donors (Lipinski definition) is 1. The maximum Gasteiger partial charge on any atom is 0.0899 e. The summed E-state index contributed by atoms with van der Waals surface area (Å²) >= 11 is 0. The molecular formula is C13H17N5O. The second kappa shape index (κ2) is 4.97. The predicted octanol–water partition coefficient (Wildman–Crippen LogP) is 1.13. The summed E-state index contributed by atoms with van der Waals surface area (Å²) in [6.45, 7) is 3.74. The molecule has 19 heavy (non-hydrogen) atoms. The van der Waals surface area contributed by atoms with Gasteiger partial charge in [-0.2, -0.15) is 15.4 Å². The van der Waals surface area contributed by atoms with Crippen LogP contribution in [0.3, 0.4) is 0 Å². The quantitative estimate of drug-likeness (QED) is 0.895. The summed E-state index contributed by atoms with van der Waals surface area (Å²) in [5.41, 5.74) is 3.16. The molecule has 0 unspecified atom stereocenters. The van der Waals surface area contributed by atoms with Crippen molar-refractivity contribution in [2.24, 2.45) is 0 Å². The molecule has 100 valence electrons. The summed E-state index contributed by atoms with van der Waals surface area (Å²) in [5.74, 6) is 0.247. The van der Waals surface area contributed by atoms with Crippen LogP contribution < -0.4 is 4.90 Å². The number of aromatic amines is 1. The average Bonchev–Trinajstić information content (AvgIpc) is 3.07. The molecule has 6 heteroatoms. The van der Waals surface area contributed by atoms with E-state index < -0.39 is 0 Å². The van der Waals surface area contributed by atoms with Crippen LogP contribution >= 0.6 is 0 Å². The second-order valence-corrected chi connectivity index (χ2v) is 4.84. The normalized spacial score (nSPS) is 22.9. The van der Waals surface area contributed by atoms with Gasteiger partial charge in [-0.1, -0.05) is 0 Å². The van der Waals surface area contributed by atoms with Crippen LogP contribution in [0.15, 0.2) is 24.5 Å². The van der Waals surface area contributed by atoms with Crippen molar-refractivity contribution in [3.63, 3.8) is 0 Å². The predicted molar refractivity (Wildman–Crippen MR) is 71.1 cm³/mol. The number of methoxy groups -OCH3 is 1. The van der Waals surface area contributed by atoms with Gasteiger partial charge in [0.2, 0.25) is 0 Å². The Kier molecular flexibility index (Phi) is 3.16. The van der Waals surface area contributed by atoms with E-state index in [0.717, 1.165) is 24.5 Å². The monoisotopic (exact) mass is 259 g/mol. The molecule has 1 aliphatic heterocycles. The number of hydrogen-bond acceptors (Lipinski definition) is 5. The maximum absolute atomic E-state index is 5.59. The van der Waals surface area contributed by atoms with E-state index in [9.17, 15) is 0 Å². The Morgan fingerprint density at radius 1 is 1.42 bits per heavy atom. The van der Waals surface area contributed by atoms with Crippen LogP contribution in [0, 0.1) is 6.92 Å². The molecule has 6 nitrogen and oxygen atoms in total. The molecule has 1 N–H and O–H groups in total. The van der Waals surface area contributed by atoms with Crippen LogP contribution in [0.2, 0.25) is 0 Å². The number of rotatable bonds is 3. The molecule has 0 bridgehead atoms. The number of nitrogens with zero attached hydrogens (tertiary/aromatic N) is 4. The summed E-state index contributed by atoms with van der Waals surface area (Å²) in [6.07, 6.45) is 3.76. The highest BCUT2D eigenvalue weighted by atomic mass is 16.5. The van der Waals surface area contributed by atoms with Gasteiger partial charge in [-0.3, -0.25) is 4.98 Å². The number of nitrogens with one attached hydrogen (secondary N) is 1. The number of pyridine rings is 1. The molecule has 0 aliphatic carbocycles. The van der Waals surface area contributed by atoms with Crippen molar-refractivity contribution in [1.29, 1.82) is 0 Å². The lowest BCUT2D eigenvalue weighted by Gasteiger charge is -2.18. The van der Waals surface area contributed by atoms with Gasteiger partial charge in [0, 0.05) is 37.8 Å².